The highest BCUT2D eigenvalue weighted by molar-refractivity contribution is 5.36. The molecule has 1 heterocycles. The molecule has 112 valence electrons. The number of benzene rings is 1. The standard InChI is InChI=1S/C16H21N3O2/c1-4-17-14(13-7-5-6-8-15(13)20-2)9-12-10-16(21-3)19-11-18-12/h5-8,10-11,14,17H,4,9H2,1-3H3. The number of hydrogen-bond acceptors (Lipinski definition) is 5. The molecule has 0 amide bonds. The Morgan fingerprint density at radius 1 is 1.14 bits per heavy atom. The monoisotopic (exact) mass is 287 g/mol. The van der Waals surface area contributed by atoms with Gasteiger partial charge in [0.1, 0.15) is 12.1 Å². The number of aromatic nitrogens is 2. The smallest absolute Gasteiger partial charge is 0.216 e. The Kier molecular flexibility index (Phi) is 5.51. The second-order valence-electron chi connectivity index (χ2n) is 4.61. The Morgan fingerprint density at radius 2 is 1.95 bits per heavy atom. The molecular formula is C16H21N3O2. The first kappa shape index (κ1) is 15.3. The molecule has 5 heteroatoms. The van der Waals surface area contributed by atoms with E-state index < -0.39 is 0 Å². The minimum absolute atomic E-state index is 0.130. The van der Waals surface area contributed by atoms with Crippen LogP contribution in [0.25, 0.3) is 0 Å². The second kappa shape index (κ2) is 7.59. The van der Waals surface area contributed by atoms with E-state index in [9.17, 15) is 0 Å². The minimum atomic E-state index is 0.130. The second-order valence-corrected chi connectivity index (χ2v) is 4.61. The van der Waals surface area contributed by atoms with Crippen molar-refractivity contribution in [2.75, 3.05) is 20.8 Å². The van der Waals surface area contributed by atoms with Crippen molar-refractivity contribution >= 4 is 0 Å². The van der Waals surface area contributed by atoms with Crippen LogP contribution in [0.2, 0.25) is 0 Å². The fraction of sp³-hybridized carbons (Fsp3) is 0.375. The molecule has 0 radical (unpaired) electrons. The number of nitrogens with zero attached hydrogens (tertiary/aromatic N) is 2. The van der Waals surface area contributed by atoms with Crippen LogP contribution in [0.1, 0.15) is 24.2 Å². The average Bonchev–Trinajstić information content (AvgIpc) is 2.54. The van der Waals surface area contributed by atoms with Gasteiger partial charge in [-0.25, -0.2) is 9.97 Å². The highest BCUT2D eigenvalue weighted by Gasteiger charge is 2.16. The maximum atomic E-state index is 5.46. The Morgan fingerprint density at radius 3 is 2.67 bits per heavy atom. The predicted molar refractivity (Wildman–Crippen MR) is 81.7 cm³/mol. The summed E-state index contributed by atoms with van der Waals surface area (Å²) in [6, 6.07) is 10.0. The summed E-state index contributed by atoms with van der Waals surface area (Å²) in [5, 5.41) is 3.48. The number of ether oxygens (including phenoxy) is 2. The predicted octanol–water partition coefficient (Wildman–Crippen LogP) is 2.39. The zero-order chi connectivity index (χ0) is 15.1. The molecule has 0 aliphatic heterocycles. The van der Waals surface area contributed by atoms with Crippen molar-refractivity contribution in [3.8, 4) is 11.6 Å². The van der Waals surface area contributed by atoms with Crippen molar-refractivity contribution in [3.63, 3.8) is 0 Å². The van der Waals surface area contributed by atoms with E-state index in [-0.39, 0.29) is 6.04 Å². The molecule has 0 saturated carbocycles. The maximum absolute atomic E-state index is 5.46. The molecule has 1 aromatic heterocycles. The van der Waals surface area contributed by atoms with Crippen LogP contribution in [-0.2, 0) is 6.42 Å². The zero-order valence-electron chi connectivity index (χ0n) is 12.7. The number of para-hydroxylation sites is 1. The first-order valence-electron chi connectivity index (χ1n) is 6.99. The number of hydrogen-bond donors (Lipinski definition) is 1. The molecule has 1 aromatic carbocycles. The largest absolute Gasteiger partial charge is 0.496 e. The molecular weight excluding hydrogens is 266 g/mol. The Labute approximate surface area is 125 Å². The van der Waals surface area contributed by atoms with Gasteiger partial charge in [-0.1, -0.05) is 25.1 Å². The van der Waals surface area contributed by atoms with Crippen molar-refractivity contribution in [1.82, 2.24) is 15.3 Å². The molecule has 2 rings (SSSR count). The Balaban J connectivity index is 2.26. The highest BCUT2D eigenvalue weighted by Crippen LogP contribution is 2.27. The van der Waals surface area contributed by atoms with Crippen molar-refractivity contribution < 1.29 is 9.47 Å². The van der Waals surface area contributed by atoms with Gasteiger partial charge in [0.2, 0.25) is 5.88 Å². The maximum Gasteiger partial charge on any atom is 0.216 e. The summed E-state index contributed by atoms with van der Waals surface area (Å²) in [4.78, 5) is 8.36. The Bertz CT molecular complexity index is 575. The fourth-order valence-corrected chi connectivity index (χ4v) is 2.30. The van der Waals surface area contributed by atoms with Crippen LogP contribution in [-0.4, -0.2) is 30.7 Å². The lowest BCUT2D eigenvalue weighted by atomic mass is 10.0. The van der Waals surface area contributed by atoms with Crippen molar-refractivity contribution in [1.29, 1.82) is 0 Å². The average molecular weight is 287 g/mol. The van der Waals surface area contributed by atoms with E-state index in [4.69, 9.17) is 9.47 Å². The molecule has 5 nitrogen and oxygen atoms in total. The first-order valence-corrected chi connectivity index (χ1v) is 6.99. The summed E-state index contributed by atoms with van der Waals surface area (Å²) in [5.41, 5.74) is 2.05. The topological polar surface area (TPSA) is 56.3 Å². The Hall–Kier alpha value is -2.14. The van der Waals surface area contributed by atoms with Crippen LogP contribution in [0.4, 0.5) is 0 Å². The molecule has 1 atom stereocenters. The molecule has 0 saturated heterocycles. The van der Waals surface area contributed by atoms with Crippen molar-refractivity contribution in [2.45, 2.75) is 19.4 Å². The number of methoxy groups -OCH3 is 2. The van der Waals surface area contributed by atoms with Gasteiger partial charge in [0.05, 0.1) is 14.2 Å². The van der Waals surface area contributed by atoms with Gasteiger partial charge < -0.3 is 14.8 Å². The molecule has 2 aromatic rings. The van der Waals surface area contributed by atoms with Gasteiger partial charge in [-0.2, -0.15) is 0 Å². The molecule has 0 aliphatic rings. The van der Waals surface area contributed by atoms with Gasteiger partial charge in [-0.05, 0) is 12.6 Å². The number of rotatable bonds is 7. The van der Waals surface area contributed by atoms with E-state index in [0.29, 0.717) is 5.88 Å². The van der Waals surface area contributed by atoms with Gasteiger partial charge in [-0.3, -0.25) is 0 Å². The van der Waals surface area contributed by atoms with Crippen LogP contribution in [0, 0.1) is 0 Å². The summed E-state index contributed by atoms with van der Waals surface area (Å²) >= 11 is 0. The third-order valence-corrected chi connectivity index (χ3v) is 3.29. The molecule has 1 N–H and O–H groups in total. The van der Waals surface area contributed by atoms with Crippen LogP contribution >= 0.6 is 0 Å². The summed E-state index contributed by atoms with van der Waals surface area (Å²) in [5.74, 6) is 1.46. The zero-order valence-corrected chi connectivity index (χ0v) is 12.7. The molecule has 0 aliphatic carbocycles. The van der Waals surface area contributed by atoms with Crippen molar-refractivity contribution in [2.24, 2.45) is 0 Å². The number of likely N-dealkylation sites (N-methyl/N-ethyl adjacent to an activating group) is 1. The molecule has 1 unspecified atom stereocenters. The third kappa shape index (κ3) is 3.92. The molecule has 0 spiro atoms. The quantitative estimate of drug-likeness (QED) is 0.847. The van der Waals surface area contributed by atoms with Crippen molar-refractivity contribution in [3.05, 3.63) is 47.9 Å². The third-order valence-electron chi connectivity index (χ3n) is 3.29. The van der Waals surface area contributed by atoms with Gasteiger partial charge in [0.25, 0.3) is 0 Å². The summed E-state index contributed by atoms with van der Waals surface area (Å²) in [6.07, 6.45) is 2.27. The summed E-state index contributed by atoms with van der Waals surface area (Å²) in [7, 11) is 3.30. The normalized spacial score (nSPS) is 12.0. The van der Waals surface area contributed by atoms with Crippen LogP contribution in [0.5, 0.6) is 11.6 Å². The lowest BCUT2D eigenvalue weighted by Crippen LogP contribution is -2.24. The van der Waals surface area contributed by atoms with Crippen LogP contribution in [0.3, 0.4) is 0 Å². The molecule has 0 bridgehead atoms. The SMILES string of the molecule is CCNC(Cc1cc(OC)ncn1)c1ccccc1OC. The van der Waals surface area contributed by atoms with E-state index in [2.05, 4.69) is 28.3 Å². The van der Waals surface area contributed by atoms with E-state index in [1.807, 2.05) is 24.3 Å². The van der Waals surface area contributed by atoms with E-state index in [0.717, 1.165) is 30.0 Å². The van der Waals surface area contributed by atoms with E-state index in [1.165, 1.54) is 6.33 Å². The molecule has 21 heavy (non-hydrogen) atoms. The van der Waals surface area contributed by atoms with E-state index >= 15 is 0 Å². The van der Waals surface area contributed by atoms with Gasteiger partial charge in [0.15, 0.2) is 0 Å². The van der Waals surface area contributed by atoms with Gasteiger partial charge >= 0.3 is 0 Å². The van der Waals surface area contributed by atoms with Gasteiger partial charge in [-0.15, -0.1) is 0 Å². The van der Waals surface area contributed by atoms with Crippen LogP contribution < -0.4 is 14.8 Å². The lowest BCUT2D eigenvalue weighted by Gasteiger charge is -2.20. The first-order chi connectivity index (χ1) is 10.3. The summed E-state index contributed by atoms with van der Waals surface area (Å²) in [6.45, 7) is 2.95. The van der Waals surface area contributed by atoms with E-state index in [1.54, 1.807) is 14.2 Å². The van der Waals surface area contributed by atoms with Gasteiger partial charge in [0, 0.05) is 29.8 Å². The lowest BCUT2D eigenvalue weighted by molar-refractivity contribution is 0.393. The highest BCUT2D eigenvalue weighted by atomic mass is 16.5. The number of nitrogens with one attached hydrogen (secondary N) is 1. The molecule has 0 fully saturated rings. The minimum Gasteiger partial charge on any atom is -0.496 e. The fourth-order valence-electron chi connectivity index (χ4n) is 2.30. The van der Waals surface area contributed by atoms with Crippen LogP contribution in [0.15, 0.2) is 36.7 Å². The summed E-state index contributed by atoms with van der Waals surface area (Å²) < 4.78 is 10.6.